The molecule has 5 heteroatoms. The minimum absolute atomic E-state index is 0.165. The Morgan fingerprint density at radius 1 is 1.58 bits per heavy atom. The zero-order valence-corrected chi connectivity index (χ0v) is 6.56. The third-order valence-electron chi connectivity index (χ3n) is 1.88. The Morgan fingerprint density at radius 2 is 2.25 bits per heavy atom. The number of hydrogen-bond acceptors (Lipinski definition) is 3. The maximum Gasteiger partial charge on any atom is 0.261 e. The summed E-state index contributed by atoms with van der Waals surface area (Å²) in [5, 5.41) is 9.99. The summed E-state index contributed by atoms with van der Waals surface area (Å²) in [6.45, 7) is 0.123. The van der Waals surface area contributed by atoms with Crippen LogP contribution in [0.15, 0.2) is 0 Å². The molecule has 12 heavy (non-hydrogen) atoms. The van der Waals surface area contributed by atoms with E-state index in [1.165, 1.54) is 4.90 Å². The smallest absolute Gasteiger partial charge is 0.261 e. The van der Waals surface area contributed by atoms with Crippen molar-refractivity contribution in [3.05, 3.63) is 0 Å². The summed E-state index contributed by atoms with van der Waals surface area (Å²) in [6.07, 6.45) is -0.337. The molecule has 0 aromatic heterocycles. The minimum Gasteiger partial charge on any atom is -0.550 e. The van der Waals surface area contributed by atoms with Crippen molar-refractivity contribution in [3.63, 3.8) is 0 Å². The normalized spacial score (nSPS) is 22.8. The first kappa shape index (κ1) is 9.38. The maximum absolute atomic E-state index is 12.5. The van der Waals surface area contributed by atoms with Gasteiger partial charge in [0.1, 0.15) is 0 Å². The van der Waals surface area contributed by atoms with Crippen LogP contribution in [0.2, 0.25) is 0 Å². The molecule has 0 saturated carbocycles. The summed E-state index contributed by atoms with van der Waals surface area (Å²) in [7, 11) is 0. The zero-order chi connectivity index (χ0) is 9.19. The fourth-order valence-electron chi connectivity index (χ4n) is 1.25. The van der Waals surface area contributed by atoms with Crippen molar-refractivity contribution in [1.29, 1.82) is 0 Å². The fourth-order valence-corrected chi connectivity index (χ4v) is 1.25. The lowest BCUT2D eigenvalue weighted by Gasteiger charge is -2.15. The second-order valence-corrected chi connectivity index (χ2v) is 3.00. The van der Waals surface area contributed by atoms with Gasteiger partial charge in [-0.1, -0.05) is 0 Å². The van der Waals surface area contributed by atoms with E-state index in [0.29, 0.717) is 0 Å². The maximum atomic E-state index is 12.5. The van der Waals surface area contributed by atoms with Crippen LogP contribution in [0.4, 0.5) is 8.78 Å². The summed E-state index contributed by atoms with van der Waals surface area (Å²) in [6, 6.07) is 0. The molecule has 0 unspecified atom stereocenters. The minimum atomic E-state index is -2.63. The second kappa shape index (κ2) is 3.35. The van der Waals surface area contributed by atoms with Crippen LogP contribution in [-0.4, -0.2) is 36.4 Å². The molecule has 0 spiro atoms. The number of aliphatic carboxylic acids is 1. The molecule has 0 radical (unpaired) electrons. The highest BCUT2D eigenvalue weighted by Gasteiger charge is 2.37. The Kier molecular flexibility index (Phi) is 2.62. The molecule has 1 fully saturated rings. The molecule has 70 valence electrons. The average molecular weight is 178 g/mol. The molecule has 0 aromatic rings. The largest absolute Gasteiger partial charge is 0.550 e. The van der Waals surface area contributed by atoms with Crippen LogP contribution in [-0.2, 0) is 4.79 Å². The van der Waals surface area contributed by atoms with Crippen molar-refractivity contribution in [2.45, 2.75) is 18.8 Å². The lowest BCUT2D eigenvalue weighted by Crippen LogP contribution is -2.31. The van der Waals surface area contributed by atoms with E-state index in [2.05, 4.69) is 0 Å². The molecule has 0 N–H and O–H groups in total. The molecule has 1 saturated heterocycles. The fraction of sp³-hybridized carbons (Fsp3) is 0.857. The van der Waals surface area contributed by atoms with E-state index in [1.54, 1.807) is 0 Å². The Morgan fingerprint density at radius 3 is 2.67 bits per heavy atom. The van der Waals surface area contributed by atoms with Gasteiger partial charge in [0.25, 0.3) is 5.92 Å². The monoisotopic (exact) mass is 178 g/mol. The third-order valence-corrected chi connectivity index (χ3v) is 1.88. The van der Waals surface area contributed by atoms with E-state index in [9.17, 15) is 18.7 Å². The van der Waals surface area contributed by atoms with Gasteiger partial charge < -0.3 is 9.90 Å². The van der Waals surface area contributed by atoms with E-state index in [0.717, 1.165) is 0 Å². The number of carboxylic acid groups (broad SMARTS) is 1. The van der Waals surface area contributed by atoms with Crippen LogP contribution in [0, 0.1) is 0 Å². The van der Waals surface area contributed by atoms with Crippen molar-refractivity contribution in [3.8, 4) is 0 Å². The standard InChI is InChI=1S/C7H11F2NO2/c8-7(9)2-4-10(5-7)3-1-6(11)12/h1-5H2,(H,11,12)/p-1. The summed E-state index contributed by atoms with van der Waals surface area (Å²) in [5.74, 6) is -3.82. The van der Waals surface area contributed by atoms with Gasteiger partial charge in [-0.15, -0.1) is 0 Å². The van der Waals surface area contributed by atoms with Gasteiger partial charge in [0.2, 0.25) is 0 Å². The first-order chi connectivity index (χ1) is 5.49. The third kappa shape index (κ3) is 2.73. The van der Waals surface area contributed by atoms with Crippen molar-refractivity contribution in [2.75, 3.05) is 19.6 Å². The van der Waals surface area contributed by atoms with Crippen LogP contribution in [0.5, 0.6) is 0 Å². The number of carbonyl (C=O) groups is 1. The SMILES string of the molecule is O=C([O-])CCN1CCC(F)(F)C1. The highest BCUT2D eigenvalue weighted by atomic mass is 19.3. The lowest BCUT2D eigenvalue weighted by atomic mass is 10.3. The van der Waals surface area contributed by atoms with E-state index < -0.39 is 11.9 Å². The second-order valence-electron chi connectivity index (χ2n) is 3.00. The molecule has 3 nitrogen and oxygen atoms in total. The van der Waals surface area contributed by atoms with E-state index in [1.807, 2.05) is 0 Å². The quantitative estimate of drug-likeness (QED) is 0.583. The molecule has 1 aliphatic heterocycles. The Bertz CT molecular complexity index is 184. The first-order valence-corrected chi connectivity index (χ1v) is 3.80. The summed E-state index contributed by atoms with van der Waals surface area (Å²) >= 11 is 0. The van der Waals surface area contributed by atoms with Gasteiger partial charge in [-0.25, -0.2) is 8.78 Å². The van der Waals surface area contributed by atoms with Crippen molar-refractivity contribution < 1.29 is 18.7 Å². The van der Waals surface area contributed by atoms with E-state index in [4.69, 9.17) is 0 Å². The van der Waals surface area contributed by atoms with Gasteiger partial charge in [-0.3, -0.25) is 4.90 Å². The molecule has 0 aliphatic carbocycles. The van der Waals surface area contributed by atoms with Gasteiger partial charge in [0, 0.05) is 25.5 Å². The molecule has 1 aliphatic rings. The Hall–Kier alpha value is -0.710. The van der Waals surface area contributed by atoms with Crippen molar-refractivity contribution >= 4 is 5.97 Å². The molecule has 1 heterocycles. The first-order valence-electron chi connectivity index (χ1n) is 3.80. The number of rotatable bonds is 3. The topological polar surface area (TPSA) is 43.4 Å². The van der Waals surface area contributed by atoms with E-state index in [-0.39, 0.29) is 32.5 Å². The molecule has 0 atom stereocenters. The van der Waals surface area contributed by atoms with Crippen LogP contribution in [0.1, 0.15) is 12.8 Å². The number of carbonyl (C=O) groups excluding carboxylic acids is 1. The molecular weight excluding hydrogens is 168 g/mol. The average Bonchev–Trinajstić information content (AvgIpc) is 2.26. The lowest BCUT2D eigenvalue weighted by molar-refractivity contribution is -0.305. The van der Waals surface area contributed by atoms with Crippen LogP contribution in [0.3, 0.4) is 0 Å². The van der Waals surface area contributed by atoms with Crippen molar-refractivity contribution in [1.82, 2.24) is 4.90 Å². The number of halogens is 2. The van der Waals surface area contributed by atoms with Gasteiger partial charge in [0.05, 0.1) is 6.54 Å². The number of hydrogen-bond donors (Lipinski definition) is 0. The summed E-state index contributed by atoms with van der Waals surface area (Å²) < 4.78 is 25.0. The van der Waals surface area contributed by atoms with Gasteiger partial charge in [0.15, 0.2) is 0 Å². The molecule has 0 bridgehead atoms. The molecular formula is C7H10F2NO2-. The summed E-state index contributed by atoms with van der Waals surface area (Å²) in [4.78, 5) is 11.4. The van der Waals surface area contributed by atoms with Gasteiger partial charge >= 0.3 is 0 Å². The molecule has 0 amide bonds. The van der Waals surface area contributed by atoms with Gasteiger partial charge in [-0.2, -0.15) is 0 Å². The highest BCUT2D eigenvalue weighted by Crippen LogP contribution is 2.26. The van der Waals surface area contributed by atoms with E-state index >= 15 is 0 Å². The Labute approximate surface area is 69.0 Å². The van der Waals surface area contributed by atoms with Crippen LogP contribution >= 0.6 is 0 Å². The van der Waals surface area contributed by atoms with Gasteiger partial charge in [-0.05, 0) is 6.42 Å². The molecule has 1 rings (SSSR count). The summed E-state index contributed by atoms with van der Waals surface area (Å²) in [5.41, 5.74) is 0. The molecule has 0 aromatic carbocycles. The predicted molar refractivity (Wildman–Crippen MR) is 35.6 cm³/mol. The number of nitrogens with zero attached hydrogens (tertiary/aromatic N) is 1. The van der Waals surface area contributed by atoms with Crippen molar-refractivity contribution in [2.24, 2.45) is 0 Å². The zero-order valence-electron chi connectivity index (χ0n) is 6.56. The highest BCUT2D eigenvalue weighted by molar-refractivity contribution is 5.64. The Balaban J connectivity index is 2.24. The number of likely N-dealkylation sites (tertiary alicyclic amines) is 1. The number of carboxylic acids is 1. The van der Waals surface area contributed by atoms with Crippen LogP contribution < -0.4 is 5.11 Å². The predicted octanol–water partition coefficient (Wildman–Crippen LogP) is -0.533. The number of alkyl halides is 2. The van der Waals surface area contributed by atoms with Crippen LogP contribution in [0.25, 0.3) is 0 Å².